The second-order valence-electron chi connectivity index (χ2n) is 9.23. The summed E-state index contributed by atoms with van der Waals surface area (Å²) in [5.74, 6) is 3.36. The van der Waals surface area contributed by atoms with Gasteiger partial charge in [0.25, 0.3) is 0 Å². The van der Waals surface area contributed by atoms with E-state index >= 15 is 0 Å². The second kappa shape index (κ2) is 10.4. The quantitative estimate of drug-likeness (QED) is 0.456. The van der Waals surface area contributed by atoms with Crippen molar-refractivity contribution in [3.05, 3.63) is 29.3 Å². The molecular weight excluding hydrogens is 316 g/mol. The number of benzene rings is 1. The van der Waals surface area contributed by atoms with Crippen molar-refractivity contribution in [1.82, 2.24) is 0 Å². The number of aryl methyl sites for hydroxylation is 1. The first kappa shape index (κ1) is 19.8. The number of phenols is 1. The Balaban J connectivity index is 1.30. The lowest BCUT2D eigenvalue weighted by atomic mass is 9.75. The predicted molar refractivity (Wildman–Crippen MR) is 112 cm³/mol. The monoisotopic (exact) mass is 356 g/mol. The molecule has 1 heteroatoms. The van der Waals surface area contributed by atoms with Crippen molar-refractivity contribution in [1.29, 1.82) is 0 Å². The smallest absolute Gasteiger partial charge is 0.115 e. The molecular formula is C25H40O. The van der Waals surface area contributed by atoms with E-state index in [-0.39, 0.29) is 0 Å². The van der Waals surface area contributed by atoms with Gasteiger partial charge in [-0.3, -0.25) is 0 Å². The molecule has 0 spiro atoms. The van der Waals surface area contributed by atoms with Crippen molar-refractivity contribution in [2.75, 3.05) is 0 Å². The first-order chi connectivity index (χ1) is 12.7. The Morgan fingerprint density at radius 2 is 1.46 bits per heavy atom. The van der Waals surface area contributed by atoms with Gasteiger partial charge < -0.3 is 5.11 Å². The highest BCUT2D eigenvalue weighted by Crippen LogP contribution is 2.37. The zero-order valence-corrected chi connectivity index (χ0v) is 17.0. The Morgan fingerprint density at radius 3 is 2.23 bits per heavy atom. The summed E-state index contributed by atoms with van der Waals surface area (Å²) in [6.07, 6.45) is 21.3. The number of rotatable bonds is 9. The molecule has 1 N–H and O–H groups in total. The van der Waals surface area contributed by atoms with E-state index in [0.717, 1.165) is 17.8 Å². The molecule has 0 radical (unpaired) electrons. The molecule has 1 fully saturated rings. The third-order valence-electron chi connectivity index (χ3n) is 7.19. The van der Waals surface area contributed by atoms with Gasteiger partial charge in [0.1, 0.15) is 5.75 Å². The Kier molecular flexibility index (Phi) is 7.89. The molecule has 0 amide bonds. The average Bonchev–Trinajstić information content (AvgIpc) is 2.67. The summed E-state index contributed by atoms with van der Waals surface area (Å²) in [7, 11) is 0. The minimum atomic E-state index is 0.435. The van der Waals surface area contributed by atoms with Crippen molar-refractivity contribution in [3.8, 4) is 5.75 Å². The maximum atomic E-state index is 9.64. The van der Waals surface area contributed by atoms with Crippen LogP contribution in [0.25, 0.3) is 0 Å². The summed E-state index contributed by atoms with van der Waals surface area (Å²) in [6.45, 7) is 2.30. The third kappa shape index (κ3) is 6.03. The van der Waals surface area contributed by atoms with Crippen LogP contribution in [-0.2, 0) is 12.8 Å². The summed E-state index contributed by atoms with van der Waals surface area (Å²) in [5.41, 5.74) is 2.88. The largest absolute Gasteiger partial charge is 0.508 e. The number of hydrogen-bond acceptors (Lipinski definition) is 1. The first-order valence-corrected chi connectivity index (χ1v) is 11.6. The molecule has 1 unspecified atom stereocenters. The third-order valence-corrected chi connectivity index (χ3v) is 7.19. The van der Waals surface area contributed by atoms with Gasteiger partial charge >= 0.3 is 0 Å². The van der Waals surface area contributed by atoms with Crippen molar-refractivity contribution in [2.24, 2.45) is 17.8 Å². The molecule has 1 saturated carbocycles. The van der Waals surface area contributed by atoms with Crippen LogP contribution in [0.4, 0.5) is 0 Å². The van der Waals surface area contributed by atoms with Crippen LogP contribution in [0.3, 0.4) is 0 Å². The fourth-order valence-corrected chi connectivity index (χ4v) is 5.38. The zero-order valence-electron chi connectivity index (χ0n) is 17.0. The molecule has 146 valence electrons. The zero-order chi connectivity index (χ0) is 18.2. The number of fused-ring (bicyclic) bond motifs is 1. The molecule has 3 rings (SSSR count). The summed E-state index contributed by atoms with van der Waals surface area (Å²) >= 11 is 0. The molecule has 0 heterocycles. The lowest BCUT2D eigenvalue weighted by molar-refractivity contribution is 0.233. The van der Waals surface area contributed by atoms with Crippen molar-refractivity contribution >= 4 is 0 Å². The van der Waals surface area contributed by atoms with E-state index in [4.69, 9.17) is 0 Å². The number of hydrogen-bond donors (Lipinski definition) is 1. The van der Waals surface area contributed by atoms with Crippen LogP contribution in [0, 0.1) is 17.8 Å². The van der Waals surface area contributed by atoms with Gasteiger partial charge in [-0.15, -0.1) is 0 Å². The molecule has 0 bridgehead atoms. The van der Waals surface area contributed by atoms with E-state index in [9.17, 15) is 5.11 Å². The molecule has 2 aliphatic rings. The van der Waals surface area contributed by atoms with Gasteiger partial charge in [0, 0.05) is 0 Å². The molecule has 0 saturated heterocycles. The fourth-order valence-electron chi connectivity index (χ4n) is 5.38. The normalized spacial score (nSPS) is 25.8. The molecule has 0 aliphatic heterocycles. The van der Waals surface area contributed by atoms with Crippen LogP contribution in [0.5, 0.6) is 5.75 Å². The Labute approximate surface area is 161 Å². The Bertz CT molecular complexity index is 527. The van der Waals surface area contributed by atoms with Crippen molar-refractivity contribution in [3.63, 3.8) is 0 Å². The highest BCUT2D eigenvalue weighted by Gasteiger charge is 2.23. The highest BCUT2D eigenvalue weighted by atomic mass is 16.3. The van der Waals surface area contributed by atoms with E-state index < -0.39 is 0 Å². The summed E-state index contributed by atoms with van der Waals surface area (Å²) in [6, 6.07) is 6.00. The number of phenolic OH excluding ortho intramolecular Hbond substituents is 1. The van der Waals surface area contributed by atoms with E-state index in [1.54, 1.807) is 0 Å². The van der Waals surface area contributed by atoms with Gasteiger partial charge in [0.05, 0.1) is 0 Å². The van der Waals surface area contributed by atoms with E-state index in [0.29, 0.717) is 5.75 Å². The standard InChI is InChI=1S/C25H40O/c1-2-3-4-5-6-7-20-8-10-21(11-9-20)12-13-22-14-15-24-19-25(26)17-16-23(24)18-22/h16-17,19-22,26H,2-15,18H2,1H3. The van der Waals surface area contributed by atoms with Crippen LogP contribution >= 0.6 is 0 Å². The summed E-state index contributed by atoms with van der Waals surface area (Å²) < 4.78 is 0. The number of aromatic hydroxyl groups is 1. The van der Waals surface area contributed by atoms with Crippen molar-refractivity contribution < 1.29 is 5.11 Å². The van der Waals surface area contributed by atoms with Crippen LogP contribution < -0.4 is 0 Å². The lowest BCUT2D eigenvalue weighted by Crippen LogP contribution is -2.18. The highest BCUT2D eigenvalue weighted by molar-refractivity contribution is 5.36. The first-order valence-electron chi connectivity index (χ1n) is 11.6. The van der Waals surface area contributed by atoms with Gasteiger partial charge in [-0.25, -0.2) is 0 Å². The minimum Gasteiger partial charge on any atom is -0.508 e. The molecule has 1 aromatic rings. The molecule has 26 heavy (non-hydrogen) atoms. The Hall–Kier alpha value is -0.980. The van der Waals surface area contributed by atoms with E-state index in [1.165, 1.54) is 107 Å². The number of unbranched alkanes of at least 4 members (excludes halogenated alkanes) is 4. The molecule has 0 aromatic heterocycles. The lowest BCUT2D eigenvalue weighted by Gasteiger charge is -2.31. The molecule has 1 atom stereocenters. The maximum Gasteiger partial charge on any atom is 0.115 e. The van der Waals surface area contributed by atoms with Gasteiger partial charge in [0.2, 0.25) is 0 Å². The van der Waals surface area contributed by atoms with E-state index in [2.05, 4.69) is 13.0 Å². The van der Waals surface area contributed by atoms with Gasteiger partial charge in [-0.05, 0) is 66.7 Å². The van der Waals surface area contributed by atoms with Gasteiger partial charge in [-0.1, -0.05) is 83.6 Å². The minimum absolute atomic E-state index is 0.435. The Morgan fingerprint density at radius 1 is 0.769 bits per heavy atom. The van der Waals surface area contributed by atoms with Crippen molar-refractivity contribution in [2.45, 2.75) is 103 Å². The van der Waals surface area contributed by atoms with Crippen LogP contribution in [0.15, 0.2) is 18.2 Å². The average molecular weight is 357 g/mol. The van der Waals surface area contributed by atoms with Crippen LogP contribution in [0.1, 0.15) is 102 Å². The fraction of sp³-hybridized carbons (Fsp3) is 0.760. The molecule has 2 aliphatic carbocycles. The van der Waals surface area contributed by atoms with Crippen LogP contribution in [-0.4, -0.2) is 5.11 Å². The van der Waals surface area contributed by atoms with Gasteiger partial charge in [0.15, 0.2) is 0 Å². The van der Waals surface area contributed by atoms with Gasteiger partial charge in [-0.2, -0.15) is 0 Å². The maximum absolute atomic E-state index is 9.64. The predicted octanol–water partition coefficient (Wildman–Crippen LogP) is 7.44. The summed E-state index contributed by atoms with van der Waals surface area (Å²) in [4.78, 5) is 0. The molecule has 1 aromatic carbocycles. The van der Waals surface area contributed by atoms with E-state index in [1.807, 2.05) is 12.1 Å². The SMILES string of the molecule is CCCCCCCC1CCC(CCC2CCc3cc(O)ccc3C2)CC1. The topological polar surface area (TPSA) is 20.2 Å². The molecule has 1 nitrogen and oxygen atoms in total. The van der Waals surface area contributed by atoms with Crippen LogP contribution in [0.2, 0.25) is 0 Å². The summed E-state index contributed by atoms with van der Waals surface area (Å²) in [5, 5.41) is 9.64. The second-order valence-corrected chi connectivity index (χ2v) is 9.23.